The first kappa shape index (κ1) is 21.0. The minimum Gasteiger partial charge on any atom is -0.361 e. The van der Waals surface area contributed by atoms with Crippen LogP contribution in [0.1, 0.15) is 43.2 Å². The summed E-state index contributed by atoms with van der Waals surface area (Å²) in [6, 6.07) is 18.1. The van der Waals surface area contributed by atoms with E-state index in [1.807, 2.05) is 4.57 Å². The van der Waals surface area contributed by atoms with Gasteiger partial charge in [-0.15, -0.1) is 10.2 Å². The molecule has 5 rings (SSSR count). The van der Waals surface area contributed by atoms with Crippen LogP contribution in [0.5, 0.6) is 0 Å². The third kappa shape index (κ3) is 4.78. The van der Waals surface area contributed by atoms with Crippen molar-refractivity contribution in [3.8, 4) is 5.69 Å². The van der Waals surface area contributed by atoms with Gasteiger partial charge in [-0.25, -0.2) is 0 Å². The molecule has 0 atom stereocenters. The van der Waals surface area contributed by atoms with Gasteiger partial charge < -0.3 is 9.88 Å². The lowest BCUT2D eigenvalue weighted by molar-refractivity contribution is 0.163. The van der Waals surface area contributed by atoms with Crippen LogP contribution < -0.4 is 0 Å². The molecule has 0 amide bonds. The van der Waals surface area contributed by atoms with Gasteiger partial charge in [0.15, 0.2) is 0 Å². The molecule has 5 nitrogen and oxygen atoms in total. The molecule has 32 heavy (non-hydrogen) atoms. The highest BCUT2D eigenvalue weighted by atomic mass is 15.2. The van der Waals surface area contributed by atoms with E-state index in [4.69, 9.17) is 0 Å². The molecule has 1 aliphatic carbocycles. The van der Waals surface area contributed by atoms with Gasteiger partial charge in [0.05, 0.1) is 0 Å². The molecule has 1 saturated carbocycles. The second-order valence-electron chi connectivity index (χ2n) is 9.34. The second-order valence-corrected chi connectivity index (χ2v) is 9.34. The maximum absolute atomic E-state index is 3.93. The van der Waals surface area contributed by atoms with Crippen LogP contribution in [0.4, 0.5) is 0 Å². The number of benzene rings is 2. The topological polar surface area (TPSA) is 49.7 Å². The Labute approximate surface area is 190 Å². The molecule has 166 valence electrons. The van der Waals surface area contributed by atoms with E-state index in [-0.39, 0.29) is 0 Å². The quantitative estimate of drug-likeness (QED) is 0.409. The SMILES string of the molecule is CN(CCc1ccccc1)C1CCC(CCc2c[nH]c3ccc(-n4cnnc4)cc23)CC1. The molecule has 0 bridgehead atoms. The Bertz CT molecular complexity index is 1110. The zero-order chi connectivity index (χ0) is 21.8. The van der Waals surface area contributed by atoms with E-state index in [9.17, 15) is 0 Å². The van der Waals surface area contributed by atoms with Crippen molar-refractivity contribution in [2.24, 2.45) is 5.92 Å². The van der Waals surface area contributed by atoms with E-state index in [1.165, 1.54) is 54.1 Å². The summed E-state index contributed by atoms with van der Waals surface area (Å²) in [5.74, 6) is 0.847. The first-order valence-corrected chi connectivity index (χ1v) is 12.0. The molecule has 0 aliphatic heterocycles. The summed E-state index contributed by atoms with van der Waals surface area (Å²) in [4.78, 5) is 6.04. The van der Waals surface area contributed by atoms with Crippen LogP contribution in [0.15, 0.2) is 67.4 Å². The molecule has 0 radical (unpaired) electrons. The first-order chi connectivity index (χ1) is 15.8. The summed E-state index contributed by atoms with van der Waals surface area (Å²) in [6.07, 6.45) is 14.7. The van der Waals surface area contributed by atoms with Crippen molar-refractivity contribution in [2.45, 2.75) is 51.0 Å². The van der Waals surface area contributed by atoms with Crippen LogP contribution in [-0.2, 0) is 12.8 Å². The molecule has 1 fully saturated rings. The molecule has 4 aromatic rings. The Balaban J connectivity index is 1.12. The second kappa shape index (κ2) is 9.70. The van der Waals surface area contributed by atoms with Gasteiger partial charge in [0.25, 0.3) is 0 Å². The number of aryl methyl sites for hydroxylation is 1. The molecule has 5 heteroatoms. The van der Waals surface area contributed by atoms with E-state index in [2.05, 4.69) is 81.9 Å². The number of rotatable bonds is 8. The van der Waals surface area contributed by atoms with E-state index in [1.54, 1.807) is 12.7 Å². The monoisotopic (exact) mass is 427 g/mol. The summed E-state index contributed by atoms with van der Waals surface area (Å²) in [6.45, 7) is 1.16. The highest BCUT2D eigenvalue weighted by Gasteiger charge is 2.24. The Morgan fingerprint density at radius 2 is 1.75 bits per heavy atom. The van der Waals surface area contributed by atoms with Gasteiger partial charge in [0, 0.05) is 35.4 Å². The van der Waals surface area contributed by atoms with Gasteiger partial charge in [-0.1, -0.05) is 30.3 Å². The van der Waals surface area contributed by atoms with Crippen LogP contribution >= 0.6 is 0 Å². The van der Waals surface area contributed by atoms with E-state index in [0.29, 0.717) is 0 Å². The normalized spacial score (nSPS) is 19.1. The summed E-state index contributed by atoms with van der Waals surface area (Å²) < 4.78 is 1.96. The van der Waals surface area contributed by atoms with Gasteiger partial charge in [-0.05, 0) is 87.2 Å². The highest BCUT2D eigenvalue weighted by molar-refractivity contribution is 5.85. The Morgan fingerprint density at radius 3 is 2.53 bits per heavy atom. The third-order valence-corrected chi connectivity index (χ3v) is 7.33. The van der Waals surface area contributed by atoms with Gasteiger partial charge in [-0.3, -0.25) is 4.57 Å². The number of H-pyrrole nitrogens is 1. The molecular weight excluding hydrogens is 394 g/mol. The number of hydrogen-bond donors (Lipinski definition) is 1. The molecule has 2 aromatic heterocycles. The lowest BCUT2D eigenvalue weighted by Gasteiger charge is -2.34. The summed E-state index contributed by atoms with van der Waals surface area (Å²) in [5, 5.41) is 9.19. The number of hydrogen-bond acceptors (Lipinski definition) is 3. The van der Waals surface area contributed by atoms with Crippen molar-refractivity contribution in [1.29, 1.82) is 0 Å². The van der Waals surface area contributed by atoms with Gasteiger partial charge in [-0.2, -0.15) is 0 Å². The molecule has 2 heterocycles. The smallest absolute Gasteiger partial charge is 0.123 e. The Hall–Kier alpha value is -2.92. The Morgan fingerprint density at radius 1 is 0.969 bits per heavy atom. The molecular formula is C27H33N5. The van der Waals surface area contributed by atoms with Crippen molar-refractivity contribution in [2.75, 3.05) is 13.6 Å². The number of nitrogens with one attached hydrogen (secondary N) is 1. The number of fused-ring (bicyclic) bond motifs is 1. The fourth-order valence-electron chi connectivity index (χ4n) is 5.23. The van der Waals surface area contributed by atoms with Crippen molar-refractivity contribution in [1.82, 2.24) is 24.6 Å². The number of likely N-dealkylation sites (N-methyl/N-ethyl adjacent to an activating group) is 1. The summed E-state index contributed by atoms with van der Waals surface area (Å²) >= 11 is 0. The van der Waals surface area contributed by atoms with Crippen molar-refractivity contribution in [3.05, 3.63) is 78.5 Å². The van der Waals surface area contributed by atoms with E-state index >= 15 is 0 Å². The van der Waals surface area contributed by atoms with E-state index < -0.39 is 0 Å². The van der Waals surface area contributed by atoms with Gasteiger partial charge >= 0.3 is 0 Å². The number of aromatic nitrogens is 4. The standard InChI is InChI=1S/C27H33N5/c1-31(16-15-21-5-3-2-4-6-21)24-11-8-22(9-12-24)7-10-23-18-28-27-14-13-25(17-26(23)27)32-19-29-30-20-32/h2-6,13-14,17-20,22,24,28H,7-12,15-16H2,1H3. The molecule has 2 aromatic carbocycles. The molecule has 1 aliphatic rings. The van der Waals surface area contributed by atoms with Gasteiger partial charge in [0.2, 0.25) is 0 Å². The summed E-state index contributed by atoms with van der Waals surface area (Å²) in [5.41, 5.74) is 5.19. The largest absolute Gasteiger partial charge is 0.361 e. The summed E-state index contributed by atoms with van der Waals surface area (Å²) in [7, 11) is 2.31. The Kier molecular flexibility index (Phi) is 6.35. The average Bonchev–Trinajstić information content (AvgIpc) is 3.52. The number of aromatic amines is 1. The maximum atomic E-state index is 3.93. The van der Waals surface area contributed by atoms with Crippen molar-refractivity contribution < 1.29 is 0 Å². The van der Waals surface area contributed by atoms with Crippen LogP contribution in [0.3, 0.4) is 0 Å². The van der Waals surface area contributed by atoms with Crippen molar-refractivity contribution in [3.63, 3.8) is 0 Å². The predicted molar refractivity (Wildman–Crippen MR) is 130 cm³/mol. The third-order valence-electron chi connectivity index (χ3n) is 7.33. The van der Waals surface area contributed by atoms with Crippen LogP contribution in [0.2, 0.25) is 0 Å². The lowest BCUT2D eigenvalue weighted by Crippen LogP contribution is -2.36. The van der Waals surface area contributed by atoms with Crippen LogP contribution in [0.25, 0.3) is 16.6 Å². The lowest BCUT2D eigenvalue weighted by atomic mass is 9.82. The van der Waals surface area contributed by atoms with Crippen molar-refractivity contribution >= 4 is 10.9 Å². The maximum Gasteiger partial charge on any atom is 0.123 e. The molecule has 1 N–H and O–H groups in total. The zero-order valence-electron chi connectivity index (χ0n) is 19.0. The predicted octanol–water partition coefficient (Wildman–Crippen LogP) is 5.41. The van der Waals surface area contributed by atoms with E-state index in [0.717, 1.165) is 37.0 Å². The molecule has 0 spiro atoms. The minimum absolute atomic E-state index is 0.745. The number of nitrogens with zero attached hydrogens (tertiary/aromatic N) is 4. The fraction of sp³-hybridized carbons (Fsp3) is 0.407. The molecule has 0 saturated heterocycles. The van der Waals surface area contributed by atoms with Crippen LogP contribution in [0, 0.1) is 5.92 Å². The van der Waals surface area contributed by atoms with Crippen LogP contribution in [-0.4, -0.2) is 44.3 Å². The average molecular weight is 428 g/mol. The minimum atomic E-state index is 0.745. The first-order valence-electron chi connectivity index (χ1n) is 12.0. The highest BCUT2D eigenvalue weighted by Crippen LogP contribution is 2.31. The molecule has 0 unspecified atom stereocenters. The van der Waals surface area contributed by atoms with Gasteiger partial charge in [0.1, 0.15) is 12.7 Å². The zero-order valence-corrected chi connectivity index (χ0v) is 19.0. The fourth-order valence-corrected chi connectivity index (χ4v) is 5.23.